The number of hydrogen-bond donors (Lipinski definition) is 1. The van der Waals surface area contributed by atoms with E-state index in [0.717, 1.165) is 23.5 Å². The van der Waals surface area contributed by atoms with Gasteiger partial charge in [0.1, 0.15) is 18.3 Å². The molecule has 152 valence electrons. The summed E-state index contributed by atoms with van der Waals surface area (Å²) >= 11 is 0. The molecular weight excluding hydrogens is 368 g/mol. The number of carbonyl (C=O) groups excluding carboxylic acids is 2. The van der Waals surface area contributed by atoms with E-state index in [4.69, 9.17) is 9.15 Å². The Kier molecular flexibility index (Phi) is 4.94. The number of allylic oxidation sites excluding steroid dienone is 1. The Morgan fingerprint density at radius 2 is 2.03 bits per heavy atom. The maximum atomic E-state index is 13.3. The molecule has 0 bridgehead atoms. The van der Waals surface area contributed by atoms with Gasteiger partial charge in [0.25, 0.3) is 0 Å². The molecule has 6 nitrogen and oxygen atoms in total. The Morgan fingerprint density at radius 3 is 2.76 bits per heavy atom. The van der Waals surface area contributed by atoms with Crippen LogP contribution in [0.4, 0.5) is 11.4 Å². The zero-order valence-corrected chi connectivity index (χ0v) is 17.0. The number of carbonyl (C=O) groups is 2. The smallest absolute Gasteiger partial charge is 0.325 e. The standard InChI is InChI=1S/C23H26N2O4/c1-4-28-20(27)14-25-17-9-6-5-8-15(17)24-16-12-23(2,3)13-18(26)21(16)22(25)19-10-7-11-29-19/h5-11,22,24H,4,12-14H2,1-3H3/t22-/m1/s1. The molecular formula is C23H26N2O4. The van der Waals surface area contributed by atoms with E-state index in [9.17, 15) is 9.59 Å². The Balaban J connectivity index is 1.91. The number of ketones is 1. The summed E-state index contributed by atoms with van der Waals surface area (Å²) < 4.78 is 11.0. The van der Waals surface area contributed by atoms with Crippen LogP contribution in [0.1, 0.15) is 45.4 Å². The number of furan rings is 1. The first kappa shape index (κ1) is 19.3. The van der Waals surface area contributed by atoms with E-state index in [1.807, 2.05) is 35.2 Å². The predicted octanol–water partition coefficient (Wildman–Crippen LogP) is 4.46. The number of esters is 1. The van der Waals surface area contributed by atoms with Gasteiger partial charge < -0.3 is 19.4 Å². The fraction of sp³-hybridized carbons (Fsp3) is 0.391. The Bertz CT molecular complexity index is 959. The van der Waals surface area contributed by atoms with Gasteiger partial charge in [-0.15, -0.1) is 0 Å². The van der Waals surface area contributed by atoms with Crippen LogP contribution in [0.5, 0.6) is 0 Å². The van der Waals surface area contributed by atoms with Gasteiger partial charge in [-0.1, -0.05) is 26.0 Å². The molecule has 0 spiro atoms. The molecule has 1 aromatic heterocycles. The molecule has 1 N–H and O–H groups in total. The van der Waals surface area contributed by atoms with Gasteiger partial charge in [-0.2, -0.15) is 0 Å². The van der Waals surface area contributed by atoms with E-state index in [2.05, 4.69) is 19.2 Å². The van der Waals surface area contributed by atoms with Crippen molar-refractivity contribution < 1.29 is 18.7 Å². The highest BCUT2D eigenvalue weighted by molar-refractivity contribution is 6.01. The van der Waals surface area contributed by atoms with Crippen LogP contribution >= 0.6 is 0 Å². The zero-order valence-electron chi connectivity index (χ0n) is 17.0. The molecule has 0 saturated carbocycles. The molecule has 29 heavy (non-hydrogen) atoms. The Labute approximate surface area is 170 Å². The summed E-state index contributed by atoms with van der Waals surface area (Å²) in [4.78, 5) is 27.7. The van der Waals surface area contributed by atoms with E-state index in [1.54, 1.807) is 19.3 Å². The zero-order chi connectivity index (χ0) is 20.6. The summed E-state index contributed by atoms with van der Waals surface area (Å²) in [6, 6.07) is 10.9. The fourth-order valence-electron chi connectivity index (χ4n) is 4.32. The third-order valence-electron chi connectivity index (χ3n) is 5.42. The number of Topliss-reactive ketones (excluding diaryl/α,β-unsaturated/α-hetero) is 1. The molecule has 0 amide bonds. The summed E-state index contributed by atoms with van der Waals surface area (Å²) in [5.41, 5.74) is 3.12. The highest BCUT2D eigenvalue weighted by atomic mass is 16.5. The molecule has 1 atom stereocenters. The number of benzene rings is 1. The third-order valence-corrected chi connectivity index (χ3v) is 5.42. The average molecular weight is 394 g/mol. The van der Waals surface area contributed by atoms with Crippen LogP contribution in [0.15, 0.2) is 58.3 Å². The number of hydrogen-bond acceptors (Lipinski definition) is 6. The minimum Gasteiger partial charge on any atom is -0.467 e. The molecule has 4 rings (SSSR count). The van der Waals surface area contributed by atoms with E-state index in [1.165, 1.54) is 0 Å². The molecule has 0 unspecified atom stereocenters. The van der Waals surface area contributed by atoms with Gasteiger partial charge in [-0.05, 0) is 43.0 Å². The van der Waals surface area contributed by atoms with Gasteiger partial charge in [0.15, 0.2) is 5.78 Å². The summed E-state index contributed by atoms with van der Waals surface area (Å²) in [6.07, 6.45) is 2.79. The first-order valence-corrected chi connectivity index (χ1v) is 9.97. The van der Waals surface area contributed by atoms with Crippen LogP contribution in [0.3, 0.4) is 0 Å². The summed E-state index contributed by atoms with van der Waals surface area (Å²) in [7, 11) is 0. The molecule has 0 fully saturated rings. The lowest BCUT2D eigenvalue weighted by atomic mass is 9.74. The van der Waals surface area contributed by atoms with Crippen molar-refractivity contribution in [3.63, 3.8) is 0 Å². The number of rotatable bonds is 4. The van der Waals surface area contributed by atoms with Gasteiger partial charge in [0.05, 0.1) is 24.2 Å². The fourth-order valence-corrected chi connectivity index (χ4v) is 4.32. The second-order valence-corrected chi connectivity index (χ2v) is 8.33. The van der Waals surface area contributed by atoms with Crippen molar-refractivity contribution >= 4 is 23.1 Å². The summed E-state index contributed by atoms with van der Waals surface area (Å²) in [5.74, 6) is 0.367. The van der Waals surface area contributed by atoms with Crippen molar-refractivity contribution in [2.45, 2.75) is 39.7 Å². The van der Waals surface area contributed by atoms with Crippen molar-refractivity contribution in [2.75, 3.05) is 23.4 Å². The van der Waals surface area contributed by atoms with Gasteiger partial charge in [0.2, 0.25) is 0 Å². The van der Waals surface area contributed by atoms with Crippen molar-refractivity contribution in [3.05, 3.63) is 59.7 Å². The highest BCUT2D eigenvalue weighted by Crippen LogP contribution is 2.48. The largest absolute Gasteiger partial charge is 0.467 e. The maximum Gasteiger partial charge on any atom is 0.325 e. The molecule has 2 aliphatic rings. The molecule has 1 aliphatic carbocycles. The number of para-hydroxylation sites is 2. The predicted molar refractivity (Wildman–Crippen MR) is 111 cm³/mol. The molecule has 0 radical (unpaired) electrons. The van der Waals surface area contributed by atoms with Crippen molar-refractivity contribution in [1.82, 2.24) is 0 Å². The molecule has 1 aliphatic heterocycles. The lowest BCUT2D eigenvalue weighted by Gasteiger charge is -2.36. The lowest BCUT2D eigenvalue weighted by Crippen LogP contribution is -2.39. The van der Waals surface area contributed by atoms with Crippen molar-refractivity contribution in [1.29, 1.82) is 0 Å². The van der Waals surface area contributed by atoms with E-state index in [-0.39, 0.29) is 23.7 Å². The van der Waals surface area contributed by atoms with Crippen LogP contribution in [0.2, 0.25) is 0 Å². The Morgan fingerprint density at radius 1 is 1.24 bits per heavy atom. The maximum absolute atomic E-state index is 13.3. The van der Waals surface area contributed by atoms with Crippen LogP contribution in [0.25, 0.3) is 0 Å². The van der Waals surface area contributed by atoms with Crippen LogP contribution in [-0.2, 0) is 14.3 Å². The third kappa shape index (κ3) is 3.67. The second kappa shape index (κ2) is 7.43. The van der Waals surface area contributed by atoms with Crippen LogP contribution < -0.4 is 10.2 Å². The van der Waals surface area contributed by atoms with E-state index >= 15 is 0 Å². The summed E-state index contributed by atoms with van der Waals surface area (Å²) in [6.45, 7) is 6.31. The van der Waals surface area contributed by atoms with Gasteiger partial charge >= 0.3 is 5.97 Å². The number of fused-ring (bicyclic) bond motifs is 1. The number of ether oxygens (including phenoxy) is 1. The first-order valence-electron chi connectivity index (χ1n) is 9.97. The molecule has 0 saturated heterocycles. The quantitative estimate of drug-likeness (QED) is 0.772. The first-order chi connectivity index (χ1) is 13.9. The molecule has 2 aromatic rings. The normalized spacial score (nSPS) is 20.4. The monoisotopic (exact) mass is 394 g/mol. The number of anilines is 2. The number of nitrogens with zero attached hydrogens (tertiary/aromatic N) is 1. The molecule has 2 heterocycles. The highest BCUT2D eigenvalue weighted by Gasteiger charge is 2.43. The van der Waals surface area contributed by atoms with Crippen LogP contribution in [0, 0.1) is 5.41 Å². The lowest BCUT2D eigenvalue weighted by molar-refractivity contribution is -0.141. The van der Waals surface area contributed by atoms with Crippen molar-refractivity contribution in [3.8, 4) is 0 Å². The average Bonchev–Trinajstić information content (AvgIpc) is 3.13. The Hall–Kier alpha value is -3.02. The SMILES string of the molecule is CCOC(=O)CN1c2ccccc2NC2=C(C(=O)CC(C)(C)C2)[C@H]1c1ccco1. The minimum absolute atomic E-state index is 0.0192. The second-order valence-electron chi connectivity index (χ2n) is 8.33. The van der Waals surface area contributed by atoms with E-state index < -0.39 is 6.04 Å². The van der Waals surface area contributed by atoms with Crippen molar-refractivity contribution in [2.24, 2.45) is 5.41 Å². The topological polar surface area (TPSA) is 71.8 Å². The minimum atomic E-state index is -0.496. The van der Waals surface area contributed by atoms with E-state index in [0.29, 0.717) is 24.4 Å². The molecule has 1 aromatic carbocycles. The van der Waals surface area contributed by atoms with Gasteiger partial charge in [-0.3, -0.25) is 9.59 Å². The van der Waals surface area contributed by atoms with Crippen LogP contribution in [-0.4, -0.2) is 24.9 Å². The molecule has 6 heteroatoms. The van der Waals surface area contributed by atoms with Gasteiger partial charge in [-0.25, -0.2) is 0 Å². The summed E-state index contributed by atoms with van der Waals surface area (Å²) in [5, 5.41) is 3.50. The van der Waals surface area contributed by atoms with Gasteiger partial charge in [0, 0.05) is 17.7 Å². The number of nitrogens with one attached hydrogen (secondary N) is 1.